The Morgan fingerprint density at radius 2 is 2.33 bits per heavy atom. The predicted molar refractivity (Wildman–Crippen MR) is 94.7 cm³/mol. The fraction of sp³-hybridized carbons (Fsp3) is 0.647. The molecule has 0 bridgehead atoms. The van der Waals surface area contributed by atoms with Crippen LogP contribution in [-0.2, 0) is 11.2 Å². The molecule has 6 nitrogen and oxygen atoms in total. The van der Waals surface area contributed by atoms with E-state index >= 15 is 0 Å². The van der Waals surface area contributed by atoms with Gasteiger partial charge in [0.05, 0.1) is 35.4 Å². The van der Waals surface area contributed by atoms with Gasteiger partial charge in [-0.15, -0.1) is 0 Å². The number of aliphatic hydroxyl groups is 1. The van der Waals surface area contributed by atoms with Crippen LogP contribution >= 0.6 is 11.6 Å². The number of fused-ring (bicyclic) bond motifs is 1. The average Bonchev–Trinajstić information content (AvgIpc) is 2.94. The van der Waals surface area contributed by atoms with E-state index in [0.717, 1.165) is 37.1 Å². The zero-order valence-electron chi connectivity index (χ0n) is 14.4. The summed E-state index contributed by atoms with van der Waals surface area (Å²) in [5.41, 5.74) is 2.31. The summed E-state index contributed by atoms with van der Waals surface area (Å²) in [5, 5.41) is 18.4. The first-order valence-electron chi connectivity index (χ1n) is 8.52. The molecular formula is C17H25ClN4O2. The third-order valence-corrected chi connectivity index (χ3v) is 4.72. The number of rotatable bonds is 5. The minimum absolute atomic E-state index is 0.152. The van der Waals surface area contributed by atoms with Gasteiger partial charge >= 0.3 is 0 Å². The number of nitrogens with zero attached hydrogens (tertiary/aromatic N) is 3. The van der Waals surface area contributed by atoms with Gasteiger partial charge in [0.2, 0.25) is 0 Å². The second kappa shape index (κ2) is 6.86. The van der Waals surface area contributed by atoms with Crippen molar-refractivity contribution >= 4 is 22.9 Å². The summed E-state index contributed by atoms with van der Waals surface area (Å²) in [5.74, 6) is 0. The van der Waals surface area contributed by atoms with Gasteiger partial charge in [0.1, 0.15) is 0 Å². The Kier molecular flexibility index (Phi) is 4.99. The Morgan fingerprint density at radius 1 is 1.54 bits per heavy atom. The van der Waals surface area contributed by atoms with E-state index in [1.54, 1.807) is 16.8 Å². The highest BCUT2D eigenvalue weighted by Gasteiger charge is 2.32. The van der Waals surface area contributed by atoms with E-state index in [9.17, 15) is 5.11 Å². The van der Waals surface area contributed by atoms with E-state index < -0.39 is 6.10 Å². The lowest BCUT2D eigenvalue weighted by atomic mass is 9.93. The molecule has 2 unspecified atom stereocenters. The number of ether oxygens (including phenoxy) is 1. The molecule has 2 aromatic heterocycles. The van der Waals surface area contributed by atoms with Crippen LogP contribution in [0.2, 0.25) is 5.15 Å². The lowest BCUT2D eigenvalue weighted by Gasteiger charge is -2.38. The number of hydrogen-bond acceptors (Lipinski definition) is 5. The minimum atomic E-state index is -0.586. The Morgan fingerprint density at radius 3 is 3.04 bits per heavy atom. The van der Waals surface area contributed by atoms with Crippen LogP contribution in [0.5, 0.6) is 0 Å². The van der Waals surface area contributed by atoms with Crippen LogP contribution in [0.25, 0.3) is 5.65 Å². The standard InChI is InChI=1S/C17H25ClN4O2/c1-4-11-9-20-16-12(8-15(18)21-22(11)16)19-10-13(23)14-6-5-7-17(2,3)24-14/h8-9,13-14,19,23H,4-7,10H2,1-3H3. The summed E-state index contributed by atoms with van der Waals surface area (Å²) in [6, 6.07) is 1.74. The van der Waals surface area contributed by atoms with Gasteiger partial charge in [-0.3, -0.25) is 0 Å². The number of aliphatic hydroxyl groups excluding tert-OH is 1. The van der Waals surface area contributed by atoms with Gasteiger partial charge in [-0.1, -0.05) is 18.5 Å². The molecule has 0 radical (unpaired) electrons. The lowest BCUT2D eigenvalue weighted by Crippen LogP contribution is -2.44. The van der Waals surface area contributed by atoms with Crippen molar-refractivity contribution in [2.75, 3.05) is 11.9 Å². The lowest BCUT2D eigenvalue weighted by molar-refractivity contribution is -0.144. The van der Waals surface area contributed by atoms with E-state index in [1.165, 1.54) is 0 Å². The quantitative estimate of drug-likeness (QED) is 0.865. The fourth-order valence-corrected chi connectivity index (χ4v) is 3.41. The highest BCUT2D eigenvalue weighted by molar-refractivity contribution is 6.29. The molecule has 7 heteroatoms. The zero-order valence-corrected chi connectivity index (χ0v) is 15.2. The summed E-state index contributed by atoms with van der Waals surface area (Å²) in [4.78, 5) is 4.41. The average molecular weight is 353 g/mol. The first-order valence-corrected chi connectivity index (χ1v) is 8.90. The first-order chi connectivity index (χ1) is 11.4. The largest absolute Gasteiger partial charge is 0.389 e. The molecule has 1 aliphatic heterocycles. The molecule has 2 atom stereocenters. The number of nitrogens with one attached hydrogen (secondary N) is 1. The van der Waals surface area contributed by atoms with E-state index in [1.807, 2.05) is 6.92 Å². The summed E-state index contributed by atoms with van der Waals surface area (Å²) in [7, 11) is 0. The molecule has 0 spiro atoms. The summed E-state index contributed by atoms with van der Waals surface area (Å²) in [6.45, 7) is 6.57. The summed E-state index contributed by atoms with van der Waals surface area (Å²) >= 11 is 6.12. The van der Waals surface area contributed by atoms with Crippen molar-refractivity contribution in [3.8, 4) is 0 Å². The van der Waals surface area contributed by atoms with E-state index in [4.69, 9.17) is 16.3 Å². The highest BCUT2D eigenvalue weighted by Crippen LogP contribution is 2.29. The number of aryl methyl sites for hydroxylation is 1. The molecule has 0 saturated carbocycles. The van der Waals surface area contributed by atoms with Gasteiger partial charge in [0.15, 0.2) is 10.8 Å². The van der Waals surface area contributed by atoms with E-state index in [0.29, 0.717) is 17.3 Å². The van der Waals surface area contributed by atoms with Gasteiger partial charge < -0.3 is 15.2 Å². The van der Waals surface area contributed by atoms with Crippen LogP contribution in [0.3, 0.4) is 0 Å². The van der Waals surface area contributed by atoms with Crippen molar-refractivity contribution < 1.29 is 9.84 Å². The molecule has 2 N–H and O–H groups in total. The molecule has 3 heterocycles. The molecule has 2 aromatic rings. The Balaban J connectivity index is 1.72. The fourth-order valence-electron chi connectivity index (χ4n) is 3.23. The number of imidazole rings is 1. The monoisotopic (exact) mass is 352 g/mol. The van der Waals surface area contributed by atoms with Crippen molar-refractivity contribution in [1.82, 2.24) is 14.6 Å². The maximum absolute atomic E-state index is 10.5. The number of anilines is 1. The number of halogens is 1. The molecule has 132 valence electrons. The third-order valence-electron chi connectivity index (χ3n) is 4.54. The molecule has 1 fully saturated rings. The normalized spacial score (nSPS) is 21.8. The van der Waals surface area contributed by atoms with Gasteiger partial charge in [0.25, 0.3) is 0 Å². The van der Waals surface area contributed by atoms with Gasteiger partial charge in [0, 0.05) is 12.6 Å². The molecule has 24 heavy (non-hydrogen) atoms. The van der Waals surface area contributed by atoms with Crippen molar-refractivity contribution in [3.05, 3.63) is 23.1 Å². The zero-order chi connectivity index (χ0) is 17.3. The van der Waals surface area contributed by atoms with Crippen LogP contribution in [-0.4, -0.2) is 44.1 Å². The van der Waals surface area contributed by atoms with Crippen molar-refractivity contribution in [1.29, 1.82) is 0 Å². The van der Waals surface area contributed by atoms with Crippen LogP contribution in [0, 0.1) is 0 Å². The molecule has 0 aliphatic carbocycles. The molecule has 3 rings (SSSR count). The SMILES string of the molecule is CCc1cnc2c(NCC(O)C3CCCC(C)(C)O3)cc(Cl)nn12. The van der Waals surface area contributed by atoms with Crippen molar-refractivity contribution in [2.24, 2.45) is 0 Å². The Labute approximate surface area is 147 Å². The molecule has 0 aromatic carbocycles. The third kappa shape index (κ3) is 3.66. The Hall–Kier alpha value is -1.37. The van der Waals surface area contributed by atoms with Gasteiger partial charge in [-0.05, 0) is 39.5 Å². The van der Waals surface area contributed by atoms with Crippen LogP contribution in [0.15, 0.2) is 12.3 Å². The number of hydrogen-bond donors (Lipinski definition) is 2. The van der Waals surface area contributed by atoms with Crippen LogP contribution < -0.4 is 5.32 Å². The Bertz CT molecular complexity index is 716. The predicted octanol–water partition coefficient (Wildman–Crippen LogP) is 3.07. The molecule has 0 amide bonds. The maximum atomic E-state index is 10.5. The molecular weight excluding hydrogens is 328 g/mol. The van der Waals surface area contributed by atoms with Crippen molar-refractivity contribution in [2.45, 2.75) is 64.3 Å². The number of aromatic nitrogens is 3. The highest BCUT2D eigenvalue weighted by atomic mass is 35.5. The first kappa shape index (κ1) is 17.5. The maximum Gasteiger partial charge on any atom is 0.177 e. The molecule has 1 aliphatic rings. The second-order valence-electron chi connectivity index (χ2n) is 6.98. The van der Waals surface area contributed by atoms with Gasteiger partial charge in [-0.2, -0.15) is 5.10 Å². The smallest absolute Gasteiger partial charge is 0.177 e. The van der Waals surface area contributed by atoms with Gasteiger partial charge in [-0.25, -0.2) is 9.50 Å². The second-order valence-corrected chi connectivity index (χ2v) is 7.36. The topological polar surface area (TPSA) is 71.7 Å². The van der Waals surface area contributed by atoms with E-state index in [-0.39, 0.29) is 11.7 Å². The minimum Gasteiger partial charge on any atom is -0.389 e. The van der Waals surface area contributed by atoms with E-state index in [2.05, 4.69) is 29.2 Å². The molecule has 1 saturated heterocycles. The van der Waals surface area contributed by atoms with Crippen molar-refractivity contribution in [3.63, 3.8) is 0 Å². The summed E-state index contributed by atoms with van der Waals surface area (Å²) < 4.78 is 7.75. The summed E-state index contributed by atoms with van der Waals surface area (Å²) in [6.07, 6.45) is 4.85. The van der Waals surface area contributed by atoms with Crippen LogP contribution in [0.1, 0.15) is 45.7 Å². The van der Waals surface area contributed by atoms with Crippen LogP contribution in [0.4, 0.5) is 5.69 Å².